The monoisotopic (exact) mass is 431 g/mol. The predicted molar refractivity (Wildman–Crippen MR) is 129 cm³/mol. The van der Waals surface area contributed by atoms with E-state index in [0.717, 1.165) is 51.2 Å². The Kier molecular flexibility index (Phi) is 10.6. The van der Waals surface area contributed by atoms with Crippen LogP contribution >= 0.6 is 0 Å². The second kappa shape index (κ2) is 13.2. The molecule has 0 saturated heterocycles. The van der Waals surface area contributed by atoms with Gasteiger partial charge in [-0.3, -0.25) is 4.79 Å². The maximum absolute atomic E-state index is 12.0. The van der Waals surface area contributed by atoms with Crippen LogP contribution in [0.2, 0.25) is 0 Å². The van der Waals surface area contributed by atoms with Crippen LogP contribution in [0.5, 0.6) is 0 Å². The molecule has 0 spiro atoms. The van der Waals surface area contributed by atoms with Gasteiger partial charge in [0.2, 0.25) is 5.91 Å². The van der Waals surface area contributed by atoms with E-state index >= 15 is 0 Å². The van der Waals surface area contributed by atoms with Crippen molar-refractivity contribution in [2.75, 3.05) is 45.7 Å². The van der Waals surface area contributed by atoms with E-state index in [0.29, 0.717) is 12.1 Å². The summed E-state index contributed by atoms with van der Waals surface area (Å²) in [4.78, 5) is 20.4. The topological polar surface area (TPSA) is 69.2 Å². The van der Waals surface area contributed by atoms with Gasteiger partial charge in [-0.2, -0.15) is 0 Å². The second-order valence-corrected chi connectivity index (χ2v) is 8.79. The van der Waals surface area contributed by atoms with Crippen LogP contribution in [0.3, 0.4) is 0 Å². The molecule has 7 nitrogen and oxygen atoms in total. The zero-order valence-corrected chi connectivity index (χ0v) is 19.9. The summed E-state index contributed by atoms with van der Waals surface area (Å²) in [5, 5.41) is 6.96. The summed E-state index contributed by atoms with van der Waals surface area (Å²) < 4.78 is 5.96. The summed E-state index contributed by atoms with van der Waals surface area (Å²) in [5.41, 5.74) is 1.21. The van der Waals surface area contributed by atoms with Gasteiger partial charge in [0.15, 0.2) is 5.96 Å². The molecule has 1 saturated carbocycles. The molecular formula is C24H41N5O2. The van der Waals surface area contributed by atoms with Crippen molar-refractivity contribution in [1.29, 1.82) is 0 Å². The lowest BCUT2D eigenvalue weighted by Gasteiger charge is -2.31. The van der Waals surface area contributed by atoms with Crippen LogP contribution in [0.4, 0.5) is 5.69 Å². The van der Waals surface area contributed by atoms with Crippen molar-refractivity contribution in [3.8, 4) is 0 Å². The van der Waals surface area contributed by atoms with Gasteiger partial charge in [0.1, 0.15) is 6.54 Å². The highest BCUT2D eigenvalue weighted by Gasteiger charge is 2.23. The lowest BCUT2D eigenvalue weighted by molar-refractivity contribution is -0.127. The number of ether oxygens (including phenoxy) is 1. The van der Waals surface area contributed by atoms with E-state index in [4.69, 9.17) is 4.74 Å². The maximum atomic E-state index is 12.0. The van der Waals surface area contributed by atoms with Gasteiger partial charge in [0.05, 0.1) is 12.2 Å². The average molecular weight is 432 g/mol. The van der Waals surface area contributed by atoms with E-state index in [9.17, 15) is 4.79 Å². The van der Waals surface area contributed by atoms with Crippen LogP contribution in [-0.4, -0.2) is 75.8 Å². The Hall–Kier alpha value is -2.28. The molecule has 0 bridgehead atoms. The molecule has 1 amide bonds. The SMILES string of the molecule is CC(C)OC1CCC(NC(=NCC(=O)N(C)C)NCCCN(C)c2ccccc2)CC1. The highest BCUT2D eigenvalue weighted by atomic mass is 16.5. The summed E-state index contributed by atoms with van der Waals surface area (Å²) in [6.07, 6.45) is 5.83. The summed E-state index contributed by atoms with van der Waals surface area (Å²) >= 11 is 0. The number of nitrogens with one attached hydrogen (secondary N) is 2. The number of anilines is 1. The Balaban J connectivity index is 1.82. The number of para-hydroxylation sites is 1. The minimum Gasteiger partial charge on any atom is -0.376 e. The molecule has 0 unspecified atom stereocenters. The summed E-state index contributed by atoms with van der Waals surface area (Å²) in [5.74, 6) is 0.727. The fraction of sp³-hybridized carbons (Fsp3) is 0.667. The van der Waals surface area contributed by atoms with Crippen molar-refractivity contribution in [3.05, 3.63) is 30.3 Å². The summed E-state index contributed by atoms with van der Waals surface area (Å²) in [7, 11) is 5.62. The number of aliphatic imine (C=N–C) groups is 1. The van der Waals surface area contributed by atoms with Gasteiger partial charge in [0.25, 0.3) is 0 Å². The molecule has 0 heterocycles. The van der Waals surface area contributed by atoms with Crippen molar-refractivity contribution in [1.82, 2.24) is 15.5 Å². The number of carbonyl (C=O) groups excluding carboxylic acids is 1. The van der Waals surface area contributed by atoms with Crippen LogP contribution in [0.15, 0.2) is 35.3 Å². The van der Waals surface area contributed by atoms with Crippen LogP contribution in [0.25, 0.3) is 0 Å². The van der Waals surface area contributed by atoms with Gasteiger partial charge in [-0.25, -0.2) is 4.99 Å². The Bertz CT molecular complexity index is 670. The Morgan fingerprint density at radius 2 is 1.81 bits per heavy atom. The van der Waals surface area contributed by atoms with Gasteiger partial charge >= 0.3 is 0 Å². The zero-order valence-electron chi connectivity index (χ0n) is 19.9. The van der Waals surface area contributed by atoms with Crippen molar-refractivity contribution in [2.45, 2.75) is 64.2 Å². The average Bonchev–Trinajstić information content (AvgIpc) is 2.75. The molecule has 0 atom stereocenters. The standard InChI is InChI=1S/C24H41N5O2/c1-19(2)31-22-14-12-20(13-15-22)27-24(26-18-23(30)28(3)4)25-16-9-17-29(5)21-10-7-6-8-11-21/h6-8,10-11,19-20,22H,9,12-18H2,1-5H3,(H2,25,26,27). The minimum atomic E-state index is -0.000970. The first kappa shape index (κ1) is 25.0. The summed E-state index contributed by atoms with van der Waals surface area (Å²) in [6.45, 7) is 6.08. The van der Waals surface area contributed by atoms with E-state index < -0.39 is 0 Å². The summed E-state index contributed by atoms with van der Waals surface area (Å²) in [6, 6.07) is 10.7. The minimum absolute atomic E-state index is 0.000970. The molecule has 1 fully saturated rings. The molecular weight excluding hydrogens is 390 g/mol. The number of hydrogen-bond donors (Lipinski definition) is 2. The number of hydrogen-bond acceptors (Lipinski definition) is 4. The number of benzene rings is 1. The van der Waals surface area contributed by atoms with Crippen LogP contribution in [-0.2, 0) is 9.53 Å². The third-order valence-corrected chi connectivity index (χ3v) is 5.51. The number of rotatable bonds is 10. The third kappa shape index (κ3) is 9.59. The highest BCUT2D eigenvalue weighted by Crippen LogP contribution is 2.22. The number of amides is 1. The Labute approximate surface area is 188 Å². The fourth-order valence-electron chi connectivity index (χ4n) is 3.70. The van der Waals surface area contributed by atoms with E-state index in [1.807, 2.05) is 6.07 Å². The van der Waals surface area contributed by atoms with Gasteiger partial charge in [-0.15, -0.1) is 0 Å². The molecule has 0 radical (unpaired) electrons. The first-order valence-electron chi connectivity index (χ1n) is 11.5. The first-order chi connectivity index (χ1) is 14.8. The van der Waals surface area contributed by atoms with Crippen LogP contribution in [0.1, 0.15) is 46.0 Å². The van der Waals surface area contributed by atoms with Gasteiger partial charge in [0, 0.05) is 46.0 Å². The largest absolute Gasteiger partial charge is 0.376 e. The molecule has 174 valence electrons. The lowest BCUT2D eigenvalue weighted by atomic mass is 9.93. The number of nitrogens with zero attached hydrogens (tertiary/aromatic N) is 3. The van der Waals surface area contributed by atoms with Gasteiger partial charge in [-0.1, -0.05) is 18.2 Å². The van der Waals surface area contributed by atoms with Crippen molar-refractivity contribution in [2.24, 2.45) is 4.99 Å². The molecule has 2 N–H and O–H groups in total. The number of guanidine groups is 1. The van der Waals surface area contributed by atoms with Crippen molar-refractivity contribution >= 4 is 17.6 Å². The molecule has 1 aliphatic carbocycles. The van der Waals surface area contributed by atoms with E-state index in [-0.39, 0.29) is 18.6 Å². The molecule has 31 heavy (non-hydrogen) atoms. The van der Waals surface area contributed by atoms with Crippen LogP contribution < -0.4 is 15.5 Å². The third-order valence-electron chi connectivity index (χ3n) is 5.51. The smallest absolute Gasteiger partial charge is 0.243 e. The second-order valence-electron chi connectivity index (χ2n) is 8.79. The lowest BCUT2D eigenvalue weighted by Crippen LogP contribution is -2.46. The molecule has 0 aliphatic heterocycles. The Morgan fingerprint density at radius 1 is 1.13 bits per heavy atom. The van der Waals surface area contributed by atoms with E-state index in [1.54, 1.807) is 19.0 Å². The molecule has 2 rings (SSSR count). The van der Waals surface area contributed by atoms with Gasteiger partial charge in [-0.05, 0) is 58.1 Å². The van der Waals surface area contributed by atoms with E-state index in [2.05, 4.69) is 65.7 Å². The molecule has 1 aromatic carbocycles. The fourth-order valence-corrected chi connectivity index (χ4v) is 3.70. The number of carbonyl (C=O) groups is 1. The van der Waals surface area contributed by atoms with E-state index in [1.165, 1.54) is 5.69 Å². The predicted octanol–water partition coefficient (Wildman–Crippen LogP) is 2.87. The number of likely N-dealkylation sites (N-methyl/N-ethyl adjacent to an activating group) is 1. The quantitative estimate of drug-likeness (QED) is 0.339. The molecule has 7 heteroatoms. The first-order valence-corrected chi connectivity index (χ1v) is 11.5. The van der Waals surface area contributed by atoms with Crippen molar-refractivity contribution in [3.63, 3.8) is 0 Å². The van der Waals surface area contributed by atoms with Crippen molar-refractivity contribution < 1.29 is 9.53 Å². The normalized spacial score (nSPS) is 19.2. The zero-order chi connectivity index (χ0) is 22.6. The molecule has 1 aromatic rings. The highest BCUT2D eigenvalue weighted by molar-refractivity contribution is 5.84. The molecule has 1 aliphatic rings. The van der Waals surface area contributed by atoms with Gasteiger partial charge < -0.3 is 25.2 Å². The van der Waals surface area contributed by atoms with Crippen LogP contribution in [0, 0.1) is 0 Å². The Morgan fingerprint density at radius 3 is 2.42 bits per heavy atom. The maximum Gasteiger partial charge on any atom is 0.243 e. The molecule has 0 aromatic heterocycles.